The number of alkyl carbamates (subject to hydrolysis) is 3. The van der Waals surface area contributed by atoms with E-state index in [2.05, 4.69) is 25.9 Å². The van der Waals surface area contributed by atoms with Gasteiger partial charge in [0.05, 0.1) is 0 Å². The molecule has 0 saturated carbocycles. The molecule has 14 heteroatoms. The lowest BCUT2D eigenvalue weighted by Crippen LogP contribution is -2.50. The van der Waals surface area contributed by atoms with Crippen molar-refractivity contribution < 1.29 is 38.1 Å². The van der Waals surface area contributed by atoms with Crippen molar-refractivity contribution in [2.45, 2.75) is 118 Å². The lowest BCUT2D eigenvalue weighted by atomic mass is 9.97. The van der Waals surface area contributed by atoms with Crippen LogP contribution in [-0.4, -0.2) is 83.2 Å². The molecule has 0 radical (unpaired) electrons. The Morgan fingerprint density at radius 2 is 1.02 bits per heavy atom. The Morgan fingerprint density at radius 3 is 1.40 bits per heavy atom. The zero-order chi connectivity index (χ0) is 32.5. The highest BCUT2D eigenvalue weighted by Crippen LogP contribution is 2.19. The Kier molecular flexibility index (Phi) is 12.6. The van der Waals surface area contributed by atoms with Crippen LogP contribution in [0.2, 0.25) is 0 Å². The maximum atomic E-state index is 12.5. The van der Waals surface area contributed by atoms with E-state index in [1.54, 1.807) is 88.0 Å². The number of hydrogen-bond donors (Lipinski definition) is 3. The Balaban J connectivity index is 2.99. The van der Waals surface area contributed by atoms with Crippen LogP contribution in [0.5, 0.6) is 0 Å². The second-order valence-electron chi connectivity index (χ2n) is 13.9. The normalized spacial score (nSPS) is 15.2. The molecule has 0 atom stereocenters. The van der Waals surface area contributed by atoms with E-state index in [0.29, 0.717) is 25.9 Å². The van der Waals surface area contributed by atoms with E-state index >= 15 is 0 Å². The highest BCUT2D eigenvalue weighted by atomic mass is 16.6. The molecule has 3 N–H and O–H groups in total. The van der Waals surface area contributed by atoms with Crippen LogP contribution in [-0.2, 0) is 18.9 Å². The lowest BCUT2D eigenvalue weighted by Gasteiger charge is -2.33. The fourth-order valence-corrected chi connectivity index (χ4v) is 3.40. The molecular formula is C28H50N6O8. The third-order valence-corrected chi connectivity index (χ3v) is 4.86. The average Bonchev–Trinajstić information content (AvgIpc) is 2.72. The number of aliphatic imine (C=N–C) groups is 2. The monoisotopic (exact) mass is 598 g/mol. The van der Waals surface area contributed by atoms with Gasteiger partial charge in [0, 0.05) is 19.6 Å². The van der Waals surface area contributed by atoms with Gasteiger partial charge in [0.1, 0.15) is 22.4 Å². The number of hydrogen-bond acceptors (Lipinski definition) is 9. The van der Waals surface area contributed by atoms with Gasteiger partial charge in [0.15, 0.2) is 0 Å². The first kappa shape index (κ1) is 36.4. The van der Waals surface area contributed by atoms with E-state index in [-0.39, 0.29) is 24.4 Å². The fraction of sp³-hybridized carbons (Fsp3) is 0.786. The molecule has 1 heterocycles. The first-order valence-corrected chi connectivity index (χ1v) is 14.0. The molecule has 1 aliphatic rings. The van der Waals surface area contributed by atoms with Gasteiger partial charge in [-0.25, -0.2) is 19.2 Å². The van der Waals surface area contributed by atoms with Crippen LogP contribution < -0.4 is 16.0 Å². The highest BCUT2D eigenvalue weighted by molar-refractivity contribution is 6.01. The zero-order valence-electron chi connectivity index (χ0n) is 27.2. The molecule has 0 spiro atoms. The molecule has 0 unspecified atom stereocenters. The Bertz CT molecular complexity index is 989. The van der Waals surface area contributed by atoms with Crippen LogP contribution >= 0.6 is 0 Å². The molecule has 1 aliphatic heterocycles. The van der Waals surface area contributed by atoms with Gasteiger partial charge >= 0.3 is 24.4 Å². The molecule has 0 aliphatic carbocycles. The van der Waals surface area contributed by atoms with Crippen molar-refractivity contribution in [1.82, 2.24) is 20.9 Å². The van der Waals surface area contributed by atoms with E-state index < -0.39 is 46.8 Å². The standard InChI is InChI=1S/C28H50N6O8/c1-25(2,3)39-21(35)30-19(31-22(36)40-26(4,5)6)29-17-18-13-15-34(16-14-18)20(32-23(37)41-27(7,8)9)33-24(38)42-28(10,11)12/h18H,13-17H2,1-12H3,(H,32,33,37,38)(H2,29,30,31,35,36). The van der Waals surface area contributed by atoms with E-state index in [1.165, 1.54) is 0 Å². The largest absolute Gasteiger partial charge is 0.444 e. The second-order valence-corrected chi connectivity index (χ2v) is 13.9. The van der Waals surface area contributed by atoms with E-state index in [0.717, 1.165) is 0 Å². The third kappa shape index (κ3) is 17.3. The smallest absolute Gasteiger partial charge is 0.437 e. The van der Waals surface area contributed by atoms with Gasteiger partial charge in [0.25, 0.3) is 0 Å². The number of nitrogens with zero attached hydrogens (tertiary/aromatic N) is 3. The van der Waals surface area contributed by atoms with Crippen molar-refractivity contribution in [3.8, 4) is 0 Å². The number of likely N-dealkylation sites (tertiary alicyclic amines) is 1. The Morgan fingerprint density at radius 1 is 0.643 bits per heavy atom. The van der Waals surface area contributed by atoms with E-state index in [9.17, 15) is 19.2 Å². The van der Waals surface area contributed by atoms with Crippen LogP contribution in [0.3, 0.4) is 0 Å². The maximum Gasteiger partial charge on any atom is 0.437 e. The molecule has 42 heavy (non-hydrogen) atoms. The minimum Gasteiger partial charge on any atom is -0.444 e. The molecular weight excluding hydrogens is 548 g/mol. The summed E-state index contributed by atoms with van der Waals surface area (Å²) in [6, 6.07) is 0. The molecule has 0 aromatic carbocycles. The van der Waals surface area contributed by atoms with Crippen LogP contribution in [0.25, 0.3) is 0 Å². The number of carbonyl (C=O) groups is 4. The first-order valence-electron chi connectivity index (χ1n) is 14.0. The minimum atomic E-state index is -0.841. The lowest BCUT2D eigenvalue weighted by molar-refractivity contribution is 0.0525. The number of carbonyl (C=O) groups excluding carboxylic acids is 4. The molecule has 4 amide bonds. The molecule has 0 bridgehead atoms. The molecule has 1 rings (SSSR count). The fourth-order valence-electron chi connectivity index (χ4n) is 3.40. The number of rotatable bonds is 2. The summed E-state index contributed by atoms with van der Waals surface area (Å²) in [4.78, 5) is 59.8. The topological polar surface area (TPSA) is 169 Å². The number of amides is 4. The molecule has 14 nitrogen and oxygen atoms in total. The van der Waals surface area contributed by atoms with Gasteiger partial charge in [-0.2, -0.15) is 0 Å². The second kappa shape index (κ2) is 14.5. The summed E-state index contributed by atoms with van der Waals surface area (Å²) in [6.07, 6.45) is -1.92. The first-order chi connectivity index (χ1) is 18.9. The van der Waals surface area contributed by atoms with Crippen molar-refractivity contribution in [3.05, 3.63) is 0 Å². The third-order valence-electron chi connectivity index (χ3n) is 4.86. The quantitative estimate of drug-likeness (QED) is 0.227. The maximum absolute atomic E-state index is 12.5. The van der Waals surface area contributed by atoms with Crippen molar-refractivity contribution in [1.29, 1.82) is 0 Å². The number of ether oxygens (including phenoxy) is 4. The van der Waals surface area contributed by atoms with Gasteiger partial charge in [-0.1, -0.05) is 0 Å². The van der Waals surface area contributed by atoms with Gasteiger partial charge in [-0.3, -0.25) is 20.9 Å². The average molecular weight is 599 g/mol. The van der Waals surface area contributed by atoms with Crippen molar-refractivity contribution in [2.24, 2.45) is 15.9 Å². The van der Waals surface area contributed by atoms with Crippen molar-refractivity contribution in [3.63, 3.8) is 0 Å². The summed E-state index contributed by atoms with van der Waals surface area (Å²) in [6.45, 7) is 21.8. The van der Waals surface area contributed by atoms with Crippen LogP contribution in [0.15, 0.2) is 9.98 Å². The van der Waals surface area contributed by atoms with E-state index in [1.807, 2.05) is 0 Å². The van der Waals surface area contributed by atoms with Gasteiger partial charge in [-0.15, -0.1) is 4.99 Å². The Labute approximate surface area is 249 Å². The van der Waals surface area contributed by atoms with Crippen molar-refractivity contribution >= 4 is 36.3 Å². The molecule has 1 fully saturated rings. The number of nitrogens with one attached hydrogen (secondary N) is 3. The van der Waals surface area contributed by atoms with Crippen LogP contribution in [0.1, 0.15) is 95.9 Å². The Hall–Kier alpha value is -3.58. The van der Waals surface area contributed by atoms with Gasteiger partial charge in [-0.05, 0) is 102 Å². The summed E-state index contributed by atoms with van der Waals surface area (Å²) in [5.41, 5.74) is -3.01. The summed E-state index contributed by atoms with van der Waals surface area (Å²) in [7, 11) is 0. The summed E-state index contributed by atoms with van der Waals surface area (Å²) < 4.78 is 21.2. The van der Waals surface area contributed by atoms with Crippen molar-refractivity contribution in [2.75, 3.05) is 19.6 Å². The zero-order valence-corrected chi connectivity index (χ0v) is 27.2. The van der Waals surface area contributed by atoms with Crippen LogP contribution in [0.4, 0.5) is 19.2 Å². The number of guanidine groups is 2. The van der Waals surface area contributed by atoms with E-state index in [4.69, 9.17) is 18.9 Å². The molecule has 0 aromatic heterocycles. The molecule has 240 valence electrons. The predicted molar refractivity (Wildman–Crippen MR) is 158 cm³/mol. The van der Waals surface area contributed by atoms with Gasteiger partial charge < -0.3 is 23.8 Å². The number of piperidine rings is 1. The minimum absolute atomic E-state index is 0.0272. The highest BCUT2D eigenvalue weighted by Gasteiger charge is 2.27. The summed E-state index contributed by atoms with van der Waals surface area (Å²) >= 11 is 0. The molecule has 0 aromatic rings. The SMILES string of the molecule is CC(C)(C)OC(=O)/N=C(/NC(=O)OC(C)(C)C)N1CCC(CN=C(NC(=O)OC(C)(C)C)NC(=O)OC(C)(C)C)CC1. The summed E-state index contributed by atoms with van der Waals surface area (Å²) in [5.74, 6) is -0.0135. The summed E-state index contributed by atoms with van der Waals surface area (Å²) in [5, 5.41) is 7.51. The van der Waals surface area contributed by atoms with Crippen LogP contribution in [0, 0.1) is 5.92 Å². The van der Waals surface area contributed by atoms with Gasteiger partial charge in [0.2, 0.25) is 11.9 Å². The predicted octanol–water partition coefficient (Wildman–Crippen LogP) is 4.92. The molecule has 1 saturated heterocycles.